The second-order valence-corrected chi connectivity index (χ2v) is 7.70. The Labute approximate surface area is 158 Å². The molecule has 1 aliphatic carbocycles. The Bertz CT molecular complexity index is 716. The van der Waals surface area contributed by atoms with Gasteiger partial charge in [-0.15, -0.1) is 0 Å². The van der Waals surface area contributed by atoms with Gasteiger partial charge in [0, 0.05) is 24.7 Å². The predicted octanol–water partition coefficient (Wildman–Crippen LogP) is 2.26. The molecule has 27 heavy (non-hydrogen) atoms. The van der Waals surface area contributed by atoms with Crippen molar-refractivity contribution in [3.05, 3.63) is 23.8 Å². The van der Waals surface area contributed by atoms with Crippen molar-refractivity contribution < 1.29 is 29.6 Å². The van der Waals surface area contributed by atoms with Gasteiger partial charge < -0.3 is 25.0 Å². The van der Waals surface area contributed by atoms with Crippen LogP contribution in [0.3, 0.4) is 0 Å². The standard InChI is InChI=1S/C20H27NO6/c1-2-5-20(19(25)26)6-7-21(11-17(20)23)18(24)14-8-15(22)10-16(9-14)27-12-13-3-4-13/h8-10,13,17,22-23H,2-7,11-12H2,1H3,(H,25,26)/t17-,20-/m0/s1. The van der Waals surface area contributed by atoms with Crippen molar-refractivity contribution in [3.8, 4) is 11.5 Å². The Morgan fingerprint density at radius 2 is 2.04 bits per heavy atom. The van der Waals surface area contributed by atoms with Crippen LogP contribution in [-0.4, -0.2) is 57.9 Å². The van der Waals surface area contributed by atoms with E-state index in [0.29, 0.717) is 31.1 Å². The van der Waals surface area contributed by atoms with Crippen LogP contribution < -0.4 is 4.74 Å². The Kier molecular flexibility index (Phi) is 5.60. The van der Waals surface area contributed by atoms with Crippen molar-refractivity contribution >= 4 is 11.9 Å². The van der Waals surface area contributed by atoms with E-state index in [-0.39, 0.29) is 36.7 Å². The molecule has 1 aliphatic heterocycles. The summed E-state index contributed by atoms with van der Waals surface area (Å²) in [6.45, 7) is 2.65. The number of hydrogen-bond donors (Lipinski definition) is 3. The number of amides is 1. The van der Waals surface area contributed by atoms with Gasteiger partial charge in [-0.2, -0.15) is 0 Å². The second kappa shape index (κ2) is 7.76. The Morgan fingerprint density at radius 1 is 1.30 bits per heavy atom. The number of likely N-dealkylation sites (tertiary alicyclic amines) is 1. The average Bonchev–Trinajstić information content (AvgIpc) is 3.45. The van der Waals surface area contributed by atoms with E-state index in [4.69, 9.17) is 4.74 Å². The summed E-state index contributed by atoms with van der Waals surface area (Å²) in [4.78, 5) is 26.0. The molecule has 0 spiro atoms. The van der Waals surface area contributed by atoms with Crippen molar-refractivity contribution in [1.29, 1.82) is 0 Å². The van der Waals surface area contributed by atoms with Crippen LogP contribution in [0.1, 0.15) is 49.4 Å². The van der Waals surface area contributed by atoms with E-state index >= 15 is 0 Å². The summed E-state index contributed by atoms with van der Waals surface area (Å²) >= 11 is 0. The molecule has 3 rings (SSSR count). The zero-order chi connectivity index (χ0) is 19.6. The number of aliphatic carboxylic acids is 1. The summed E-state index contributed by atoms with van der Waals surface area (Å²) in [5, 5.41) is 30.0. The fourth-order valence-corrected chi connectivity index (χ4v) is 3.73. The molecule has 1 aromatic carbocycles. The molecule has 1 aromatic rings. The number of aliphatic hydroxyl groups excluding tert-OH is 1. The Balaban J connectivity index is 1.72. The summed E-state index contributed by atoms with van der Waals surface area (Å²) < 4.78 is 5.65. The molecule has 2 aliphatic rings. The lowest BCUT2D eigenvalue weighted by molar-refractivity contribution is -0.162. The van der Waals surface area contributed by atoms with Gasteiger partial charge in [-0.1, -0.05) is 13.3 Å². The number of rotatable bonds is 7. The SMILES string of the molecule is CCC[C@]1(C(=O)O)CCN(C(=O)c2cc(O)cc(OCC3CC3)c2)C[C@@H]1O. The molecule has 7 nitrogen and oxygen atoms in total. The molecule has 2 atom stereocenters. The smallest absolute Gasteiger partial charge is 0.312 e. The molecule has 0 radical (unpaired) electrons. The topological polar surface area (TPSA) is 107 Å². The normalized spacial score (nSPS) is 25.3. The summed E-state index contributed by atoms with van der Waals surface area (Å²) in [5.41, 5.74) is -0.936. The van der Waals surface area contributed by atoms with E-state index in [1.54, 1.807) is 6.07 Å². The molecular formula is C20H27NO6. The predicted molar refractivity (Wildman–Crippen MR) is 97.8 cm³/mol. The minimum atomic E-state index is -1.21. The van der Waals surface area contributed by atoms with Crippen LogP contribution in [0.4, 0.5) is 0 Å². The van der Waals surface area contributed by atoms with Crippen LogP contribution in [0.2, 0.25) is 0 Å². The van der Waals surface area contributed by atoms with Crippen LogP contribution in [0, 0.1) is 11.3 Å². The highest BCUT2D eigenvalue weighted by molar-refractivity contribution is 5.95. The van der Waals surface area contributed by atoms with E-state index in [0.717, 1.165) is 12.8 Å². The maximum absolute atomic E-state index is 12.8. The first-order valence-electron chi connectivity index (χ1n) is 9.53. The summed E-state index contributed by atoms with van der Waals surface area (Å²) in [7, 11) is 0. The van der Waals surface area contributed by atoms with E-state index < -0.39 is 17.5 Å². The van der Waals surface area contributed by atoms with E-state index in [1.165, 1.54) is 17.0 Å². The van der Waals surface area contributed by atoms with Crippen molar-refractivity contribution in [1.82, 2.24) is 4.90 Å². The number of benzene rings is 1. The van der Waals surface area contributed by atoms with Gasteiger partial charge in [-0.05, 0) is 43.7 Å². The molecule has 1 amide bonds. The lowest BCUT2D eigenvalue weighted by Crippen LogP contribution is -2.56. The van der Waals surface area contributed by atoms with E-state index in [2.05, 4.69) is 0 Å². The third kappa shape index (κ3) is 4.18. The van der Waals surface area contributed by atoms with Gasteiger partial charge >= 0.3 is 5.97 Å². The largest absolute Gasteiger partial charge is 0.508 e. The molecule has 0 aromatic heterocycles. The van der Waals surface area contributed by atoms with E-state index in [9.17, 15) is 24.9 Å². The van der Waals surface area contributed by atoms with Gasteiger partial charge in [0.2, 0.25) is 0 Å². The zero-order valence-corrected chi connectivity index (χ0v) is 15.6. The van der Waals surface area contributed by atoms with Crippen molar-refractivity contribution in [3.63, 3.8) is 0 Å². The molecule has 1 saturated carbocycles. The minimum absolute atomic E-state index is 0.0426. The first-order chi connectivity index (χ1) is 12.9. The molecule has 0 unspecified atom stereocenters. The highest BCUT2D eigenvalue weighted by Gasteiger charge is 2.48. The second-order valence-electron chi connectivity index (χ2n) is 7.70. The fraction of sp³-hybridized carbons (Fsp3) is 0.600. The van der Waals surface area contributed by atoms with Crippen LogP contribution in [0.15, 0.2) is 18.2 Å². The Hall–Kier alpha value is -2.28. The third-order valence-electron chi connectivity index (χ3n) is 5.59. The van der Waals surface area contributed by atoms with Crippen molar-refractivity contribution in [2.45, 2.75) is 45.1 Å². The molecule has 3 N–H and O–H groups in total. The first kappa shape index (κ1) is 19.5. The third-order valence-corrected chi connectivity index (χ3v) is 5.59. The molecule has 1 heterocycles. The summed E-state index contributed by atoms with van der Waals surface area (Å²) in [6, 6.07) is 4.42. The minimum Gasteiger partial charge on any atom is -0.508 e. The number of β-amino-alcohol motifs (C(OH)–C–C–N with tert-alkyl or cyclic N) is 1. The highest BCUT2D eigenvalue weighted by atomic mass is 16.5. The molecule has 0 bridgehead atoms. The molecule has 7 heteroatoms. The number of carboxylic acids is 1. The van der Waals surface area contributed by atoms with Crippen LogP contribution in [0.5, 0.6) is 11.5 Å². The number of aromatic hydroxyl groups is 1. The summed E-state index contributed by atoms with van der Waals surface area (Å²) in [6.07, 6.45) is 2.36. The van der Waals surface area contributed by atoms with Crippen molar-refractivity contribution in [2.75, 3.05) is 19.7 Å². The van der Waals surface area contributed by atoms with E-state index in [1.807, 2.05) is 6.92 Å². The highest BCUT2D eigenvalue weighted by Crippen LogP contribution is 2.37. The van der Waals surface area contributed by atoms with Gasteiger partial charge in [-0.25, -0.2) is 0 Å². The molecule has 2 fully saturated rings. The molecule has 1 saturated heterocycles. The maximum Gasteiger partial charge on any atom is 0.312 e. The van der Waals surface area contributed by atoms with Crippen molar-refractivity contribution in [2.24, 2.45) is 11.3 Å². The van der Waals surface area contributed by atoms with Gasteiger partial charge in [0.05, 0.1) is 18.1 Å². The molecule has 148 valence electrons. The number of nitrogens with zero attached hydrogens (tertiary/aromatic N) is 1. The van der Waals surface area contributed by atoms with Gasteiger partial charge in [0.1, 0.15) is 11.5 Å². The number of carbonyl (C=O) groups is 2. The maximum atomic E-state index is 12.8. The number of carboxylic acid groups (broad SMARTS) is 1. The number of piperidine rings is 1. The monoisotopic (exact) mass is 377 g/mol. The quantitative estimate of drug-likeness (QED) is 0.673. The lowest BCUT2D eigenvalue weighted by Gasteiger charge is -2.42. The van der Waals surface area contributed by atoms with Gasteiger partial charge in [-0.3, -0.25) is 9.59 Å². The number of phenols is 1. The van der Waals surface area contributed by atoms with Gasteiger partial charge in [0.15, 0.2) is 0 Å². The first-order valence-corrected chi connectivity index (χ1v) is 9.53. The number of ether oxygens (including phenoxy) is 1. The fourth-order valence-electron chi connectivity index (χ4n) is 3.73. The lowest BCUT2D eigenvalue weighted by atomic mass is 9.72. The van der Waals surface area contributed by atoms with Gasteiger partial charge in [0.25, 0.3) is 5.91 Å². The number of phenolic OH excluding ortho intramolecular Hbond substituents is 1. The Morgan fingerprint density at radius 3 is 2.63 bits per heavy atom. The number of hydrogen-bond acceptors (Lipinski definition) is 5. The number of aliphatic hydroxyl groups is 1. The van der Waals surface area contributed by atoms with Crippen LogP contribution in [-0.2, 0) is 4.79 Å². The zero-order valence-electron chi connectivity index (χ0n) is 15.6. The molecular weight excluding hydrogens is 350 g/mol. The van der Waals surface area contributed by atoms with Crippen LogP contribution >= 0.6 is 0 Å². The van der Waals surface area contributed by atoms with Crippen LogP contribution in [0.25, 0.3) is 0 Å². The summed E-state index contributed by atoms with van der Waals surface area (Å²) in [5.74, 6) is -0.441. The average molecular weight is 377 g/mol. The number of carbonyl (C=O) groups excluding carboxylic acids is 1.